The summed E-state index contributed by atoms with van der Waals surface area (Å²) >= 11 is 0. The fourth-order valence-electron chi connectivity index (χ4n) is 3.23. The minimum Gasteiger partial charge on any atom is -0.467 e. The maximum absolute atomic E-state index is 12.2. The fraction of sp³-hybridized carbons (Fsp3) is 0.350. The number of ether oxygens (including phenoxy) is 3. The van der Waals surface area contributed by atoms with Crippen molar-refractivity contribution in [2.75, 3.05) is 19.9 Å². The summed E-state index contributed by atoms with van der Waals surface area (Å²) in [6, 6.07) is 8.88. The van der Waals surface area contributed by atoms with Crippen molar-refractivity contribution >= 4 is 17.8 Å². The summed E-state index contributed by atoms with van der Waals surface area (Å²) < 4.78 is 20.8. The number of nitrogens with zero attached hydrogens (tertiary/aromatic N) is 1. The van der Waals surface area contributed by atoms with Gasteiger partial charge in [-0.2, -0.15) is 0 Å². The molecule has 1 saturated heterocycles. The van der Waals surface area contributed by atoms with E-state index in [0.717, 1.165) is 5.56 Å². The Morgan fingerprint density at radius 2 is 2.07 bits per heavy atom. The molecule has 1 aromatic carbocycles. The van der Waals surface area contributed by atoms with E-state index in [0.29, 0.717) is 23.8 Å². The lowest BCUT2D eigenvalue weighted by Gasteiger charge is -2.14. The number of rotatable bonds is 7. The zero-order valence-corrected chi connectivity index (χ0v) is 15.6. The second-order valence-corrected chi connectivity index (χ2v) is 6.83. The largest absolute Gasteiger partial charge is 0.467 e. The number of esters is 1. The first-order valence-corrected chi connectivity index (χ1v) is 9.20. The van der Waals surface area contributed by atoms with Crippen LogP contribution < -0.4 is 14.8 Å². The third-order valence-electron chi connectivity index (χ3n) is 4.75. The molecule has 4 rings (SSSR count). The van der Waals surface area contributed by atoms with Crippen molar-refractivity contribution in [3.8, 4) is 11.5 Å². The van der Waals surface area contributed by atoms with Crippen LogP contribution >= 0.6 is 0 Å². The van der Waals surface area contributed by atoms with Crippen LogP contribution in [0, 0.1) is 5.92 Å². The highest BCUT2D eigenvalue weighted by molar-refractivity contribution is 5.88. The third-order valence-corrected chi connectivity index (χ3v) is 4.75. The van der Waals surface area contributed by atoms with Crippen LogP contribution in [0.4, 0.5) is 0 Å². The molecule has 152 valence electrons. The predicted molar refractivity (Wildman–Crippen MR) is 97.6 cm³/mol. The summed E-state index contributed by atoms with van der Waals surface area (Å²) in [7, 11) is 0. The normalized spacial score (nSPS) is 17.4. The summed E-state index contributed by atoms with van der Waals surface area (Å²) in [4.78, 5) is 37.8. The van der Waals surface area contributed by atoms with Gasteiger partial charge in [0.1, 0.15) is 5.76 Å². The Hall–Kier alpha value is -3.49. The Labute approximate surface area is 166 Å². The van der Waals surface area contributed by atoms with Crippen molar-refractivity contribution in [2.24, 2.45) is 5.92 Å². The van der Waals surface area contributed by atoms with Crippen LogP contribution in [-0.4, -0.2) is 42.6 Å². The molecule has 2 aromatic rings. The van der Waals surface area contributed by atoms with Crippen molar-refractivity contribution in [3.05, 3.63) is 47.9 Å². The van der Waals surface area contributed by atoms with E-state index < -0.39 is 24.4 Å². The summed E-state index contributed by atoms with van der Waals surface area (Å²) in [6.07, 6.45) is 1.60. The zero-order chi connectivity index (χ0) is 20.2. The van der Waals surface area contributed by atoms with E-state index in [-0.39, 0.29) is 32.2 Å². The molecule has 9 heteroatoms. The maximum Gasteiger partial charge on any atom is 0.311 e. The van der Waals surface area contributed by atoms with E-state index in [1.807, 2.05) is 6.07 Å². The average Bonchev–Trinajstić information content (AvgIpc) is 3.46. The lowest BCUT2D eigenvalue weighted by atomic mass is 10.1. The second kappa shape index (κ2) is 8.26. The third kappa shape index (κ3) is 4.50. The highest BCUT2D eigenvalue weighted by Gasteiger charge is 2.35. The number of likely N-dealkylation sites (tertiary alicyclic amines) is 1. The number of amides is 2. The van der Waals surface area contributed by atoms with E-state index in [1.165, 1.54) is 6.26 Å². The van der Waals surface area contributed by atoms with Gasteiger partial charge in [-0.15, -0.1) is 0 Å². The smallest absolute Gasteiger partial charge is 0.311 e. The first-order chi connectivity index (χ1) is 14.1. The van der Waals surface area contributed by atoms with E-state index in [9.17, 15) is 14.4 Å². The molecule has 2 amide bonds. The number of nitrogens with one attached hydrogen (secondary N) is 1. The van der Waals surface area contributed by atoms with Crippen molar-refractivity contribution in [2.45, 2.75) is 19.5 Å². The van der Waals surface area contributed by atoms with Crippen molar-refractivity contribution in [1.82, 2.24) is 10.2 Å². The number of hydrogen-bond acceptors (Lipinski definition) is 7. The average molecular weight is 400 g/mol. The summed E-state index contributed by atoms with van der Waals surface area (Å²) in [5.74, 6) is 0.241. The maximum atomic E-state index is 12.2. The first kappa shape index (κ1) is 18.9. The van der Waals surface area contributed by atoms with Crippen LogP contribution in [0.15, 0.2) is 41.0 Å². The number of carbonyl (C=O) groups excluding carboxylic acids is 3. The number of carbonyl (C=O) groups is 3. The van der Waals surface area contributed by atoms with E-state index in [4.69, 9.17) is 18.6 Å². The molecule has 0 radical (unpaired) electrons. The van der Waals surface area contributed by atoms with Crippen LogP contribution in [0.3, 0.4) is 0 Å². The predicted octanol–water partition coefficient (Wildman–Crippen LogP) is 1.22. The molecule has 29 heavy (non-hydrogen) atoms. The Bertz CT molecular complexity index is 910. The van der Waals surface area contributed by atoms with Gasteiger partial charge in [0.2, 0.25) is 12.7 Å². The summed E-state index contributed by atoms with van der Waals surface area (Å²) in [6.45, 7) is 0.616. The summed E-state index contributed by atoms with van der Waals surface area (Å²) in [5.41, 5.74) is 0.837. The quantitative estimate of drug-likeness (QED) is 0.696. The fourth-order valence-corrected chi connectivity index (χ4v) is 3.23. The lowest BCUT2D eigenvalue weighted by Crippen LogP contribution is -2.31. The van der Waals surface area contributed by atoms with Crippen LogP contribution in [0.1, 0.15) is 17.7 Å². The molecule has 1 fully saturated rings. The van der Waals surface area contributed by atoms with E-state index in [2.05, 4.69) is 5.32 Å². The molecule has 1 aromatic heterocycles. The first-order valence-electron chi connectivity index (χ1n) is 9.20. The molecule has 9 nitrogen and oxygen atoms in total. The Morgan fingerprint density at radius 1 is 1.21 bits per heavy atom. The molecule has 0 bridgehead atoms. The number of furan rings is 1. The Kier molecular flexibility index (Phi) is 5.37. The van der Waals surface area contributed by atoms with Gasteiger partial charge in [-0.1, -0.05) is 6.07 Å². The molecule has 0 spiro atoms. The van der Waals surface area contributed by atoms with Gasteiger partial charge in [-0.25, -0.2) is 0 Å². The van der Waals surface area contributed by atoms with E-state index >= 15 is 0 Å². The standard InChI is InChI=1S/C20H20N2O7/c23-18(21-8-13-3-4-16-17(6-13)29-12-28-16)11-27-20(25)14-7-19(24)22(9-14)10-15-2-1-5-26-15/h1-6,14H,7-12H2,(H,21,23)/t14-/m0/s1. The van der Waals surface area contributed by atoms with Gasteiger partial charge in [-0.3, -0.25) is 14.4 Å². The van der Waals surface area contributed by atoms with Gasteiger partial charge < -0.3 is 28.8 Å². The summed E-state index contributed by atoms with van der Waals surface area (Å²) in [5, 5.41) is 2.68. The van der Waals surface area contributed by atoms with Gasteiger partial charge in [0.05, 0.1) is 18.7 Å². The van der Waals surface area contributed by atoms with Crippen LogP contribution in [0.25, 0.3) is 0 Å². The molecular formula is C20H20N2O7. The minimum atomic E-state index is -0.584. The number of hydrogen-bond donors (Lipinski definition) is 1. The van der Waals surface area contributed by atoms with E-state index in [1.54, 1.807) is 29.2 Å². The highest BCUT2D eigenvalue weighted by Crippen LogP contribution is 2.32. The minimum absolute atomic E-state index is 0.0678. The molecule has 1 N–H and O–H groups in total. The second-order valence-electron chi connectivity index (χ2n) is 6.83. The van der Waals surface area contributed by atoms with Crippen molar-refractivity contribution < 1.29 is 33.0 Å². The van der Waals surface area contributed by atoms with Gasteiger partial charge in [0, 0.05) is 19.5 Å². The Balaban J connectivity index is 1.20. The van der Waals surface area contributed by atoms with Gasteiger partial charge in [-0.05, 0) is 29.8 Å². The molecule has 0 unspecified atom stereocenters. The topological polar surface area (TPSA) is 107 Å². The molecule has 2 aliphatic heterocycles. The number of benzene rings is 1. The van der Waals surface area contributed by atoms with Crippen LogP contribution in [0.2, 0.25) is 0 Å². The molecule has 2 aliphatic rings. The lowest BCUT2D eigenvalue weighted by molar-refractivity contribution is -0.152. The highest BCUT2D eigenvalue weighted by atomic mass is 16.7. The molecule has 0 aliphatic carbocycles. The van der Waals surface area contributed by atoms with Crippen molar-refractivity contribution in [3.63, 3.8) is 0 Å². The van der Waals surface area contributed by atoms with Gasteiger partial charge >= 0.3 is 5.97 Å². The monoisotopic (exact) mass is 400 g/mol. The van der Waals surface area contributed by atoms with Crippen LogP contribution in [-0.2, 0) is 32.2 Å². The van der Waals surface area contributed by atoms with Crippen LogP contribution in [0.5, 0.6) is 11.5 Å². The van der Waals surface area contributed by atoms with Gasteiger partial charge in [0.25, 0.3) is 5.91 Å². The molecule has 1 atom stereocenters. The molecule has 0 saturated carbocycles. The van der Waals surface area contributed by atoms with Crippen molar-refractivity contribution in [1.29, 1.82) is 0 Å². The Morgan fingerprint density at radius 3 is 2.90 bits per heavy atom. The number of fused-ring (bicyclic) bond motifs is 1. The zero-order valence-electron chi connectivity index (χ0n) is 15.6. The molecule has 3 heterocycles. The SMILES string of the molecule is O=C(COC(=O)[C@H]1CC(=O)N(Cc2ccco2)C1)NCc1ccc2c(c1)OCO2. The molecular weight excluding hydrogens is 380 g/mol. The van der Waals surface area contributed by atoms with Gasteiger partial charge in [0.15, 0.2) is 18.1 Å².